The molecular weight excluding hydrogens is 152 g/mol. The molecule has 1 N–H and O–H groups in total. The lowest BCUT2D eigenvalue weighted by Crippen LogP contribution is -2.37. The fourth-order valence-electron chi connectivity index (χ4n) is 0.866. The highest BCUT2D eigenvalue weighted by molar-refractivity contribution is 4.62. The minimum absolute atomic E-state index is 0.0646. The highest BCUT2D eigenvalue weighted by Crippen LogP contribution is 2.02. The maximum absolute atomic E-state index is 11.8. The van der Waals surface area contributed by atoms with Crippen molar-refractivity contribution in [2.45, 2.75) is 26.3 Å². The zero-order valence-electron chi connectivity index (χ0n) is 6.93. The molecule has 0 heterocycles. The van der Waals surface area contributed by atoms with E-state index < -0.39 is 6.43 Å². The van der Waals surface area contributed by atoms with Crippen molar-refractivity contribution in [1.82, 2.24) is 4.90 Å². The maximum Gasteiger partial charge on any atom is 0.251 e. The van der Waals surface area contributed by atoms with Crippen LogP contribution < -0.4 is 0 Å². The van der Waals surface area contributed by atoms with E-state index in [1.807, 2.05) is 13.8 Å². The Morgan fingerprint density at radius 1 is 1.36 bits per heavy atom. The second kappa shape index (κ2) is 5.43. The molecule has 0 fully saturated rings. The van der Waals surface area contributed by atoms with Crippen LogP contribution in [0.25, 0.3) is 0 Å². The van der Waals surface area contributed by atoms with Gasteiger partial charge in [-0.15, -0.1) is 0 Å². The zero-order valence-corrected chi connectivity index (χ0v) is 6.93. The lowest BCUT2D eigenvalue weighted by atomic mass is 10.3. The molecule has 0 aromatic carbocycles. The molecule has 0 atom stereocenters. The Morgan fingerprint density at radius 2 is 1.91 bits per heavy atom. The first-order chi connectivity index (χ1) is 5.07. The van der Waals surface area contributed by atoms with E-state index in [4.69, 9.17) is 5.11 Å². The first-order valence-electron chi connectivity index (χ1n) is 3.71. The van der Waals surface area contributed by atoms with Crippen LogP contribution >= 0.6 is 0 Å². The van der Waals surface area contributed by atoms with Gasteiger partial charge in [0.2, 0.25) is 0 Å². The molecule has 11 heavy (non-hydrogen) atoms. The molecule has 0 saturated carbocycles. The molecule has 68 valence electrons. The summed E-state index contributed by atoms with van der Waals surface area (Å²) in [6.45, 7) is 3.67. The van der Waals surface area contributed by atoms with Crippen LogP contribution in [0.3, 0.4) is 0 Å². The van der Waals surface area contributed by atoms with Crippen LogP contribution in [0, 0.1) is 0 Å². The van der Waals surface area contributed by atoms with Gasteiger partial charge in [-0.25, -0.2) is 8.78 Å². The first kappa shape index (κ1) is 10.8. The van der Waals surface area contributed by atoms with E-state index in [0.29, 0.717) is 6.54 Å². The number of nitrogens with zero attached hydrogens (tertiary/aromatic N) is 1. The third-order valence-electron chi connectivity index (χ3n) is 1.49. The van der Waals surface area contributed by atoms with Gasteiger partial charge in [0, 0.05) is 12.6 Å². The summed E-state index contributed by atoms with van der Waals surface area (Å²) in [5.74, 6) is 0. The van der Waals surface area contributed by atoms with E-state index in [1.165, 1.54) is 0 Å². The topological polar surface area (TPSA) is 23.5 Å². The summed E-state index contributed by atoms with van der Waals surface area (Å²) in [5.41, 5.74) is 0. The first-order valence-corrected chi connectivity index (χ1v) is 3.71. The Morgan fingerprint density at radius 3 is 2.18 bits per heavy atom. The van der Waals surface area contributed by atoms with Crippen molar-refractivity contribution < 1.29 is 13.9 Å². The normalized spacial score (nSPS) is 12.0. The van der Waals surface area contributed by atoms with Crippen molar-refractivity contribution in [1.29, 1.82) is 0 Å². The highest BCUT2D eigenvalue weighted by Gasteiger charge is 2.13. The van der Waals surface area contributed by atoms with Gasteiger partial charge in [-0.2, -0.15) is 0 Å². The second-order valence-corrected chi connectivity index (χ2v) is 2.70. The average molecular weight is 167 g/mol. The summed E-state index contributed by atoms with van der Waals surface area (Å²) >= 11 is 0. The fourth-order valence-corrected chi connectivity index (χ4v) is 0.866. The SMILES string of the molecule is CC(C)N(CCO)CC(F)F. The largest absolute Gasteiger partial charge is 0.395 e. The summed E-state index contributed by atoms with van der Waals surface area (Å²) in [4.78, 5) is 1.55. The lowest BCUT2D eigenvalue weighted by molar-refractivity contribution is 0.0628. The summed E-state index contributed by atoms with van der Waals surface area (Å²) in [6.07, 6.45) is -2.32. The molecule has 0 aliphatic heterocycles. The average Bonchev–Trinajstić information content (AvgIpc) is 1.86. The van der Waals surface area contributed by atoms with Crippen LogP contribution in [0.1, 0.15) is 13.8 Å². The third-order valence-corrected chi connectivity index (χ3v) is 1.49. The van der Waals surface area contributed by atoms with Gasteiger partial charge in [-0.3, -0.25) is 4.90 Å². The summed E-state index contributed by atoms with van der Waals surface area (Å²) in [7, 11) is 0. The Kier molecular flexibility index (Phi) is 5.32. The summed E-state index contributed by atoms with van der Waals surface area (Å²) in [6, 6.07) is 0.0659. The predicted octanol–water partition coefficient (Wildman–Crippen LogP) is 0.954. The number of aliphatic hydroxyl groups is 1. The smallest absolute Gasteiger partial charge is 0.251 e. The Hall–Kier alpha value is -0.220. The Labute approximate surface area is 65.8 Å². The number of halogens is 2. The van der Waals surface area contributed by atoms with Gasteiger partial charge in [-0.1, -0.05) is 0 Å². The van der Waals surface area contributed by atoms with E-state index in [-0.39, 0.29) is 19.2 Å². The van der Waals surface area contributed by atoms with Gasteiger partial charge in [0.25, 0.3) is 6.43 Å². The van der Waals surface area contributed by atoms with Crippen LogP contribution in [0.15, 0.2) is 0 Å². The molecule has 4 heteroatoms. The van der Waals surface area contributed by atoms with Gasteiger partial charge in [-0.05, 0) is 13.8 Å². The van der Waals surface area contributed by atoms with Gasteiger partial charge in [0.05, 0.1) is 13.2 Å². The number of hydrogen-bond donors (Lipinski definition) is 1. The van der Waals surface area contributed by atoms with E-state index in [2.05, 4.69) is 0 Å². The molecular formula is C7H15F2NO. The van der Waals surface area contributed by atoms with Crippen molar-refractivity contribution in [2.75, 3.05) is 19.7 Å². The van der Waals surface area contributed by atoms with Crippen molar-refractivity contribution >= 4 is 0 Å². The van der Waals surface area contributed by atoms with Crippen molar-refractivity contribution in [3.8, 4) is 0 Å². The van der Waals surface area contributed by atoms with Crippen LogP contribution in [-0.4, -0.2) is 42.2 Å². The monoisotopic (exact) mass is 167 g/mol. The molecule has 0 amide bonds. The molecule has 0 radical (unpaired) electrons. The number of rotatable bonds is 5. The number of hydrogen-bond acceptors (Lipinski definition) is 2. The quantitative estimate of drug-likeness (QED) is 0.659. The van der Waals surface area contributed by atoms with Crippen LogP contribution in [-0.2, 0) is 0 Å². The predicted molar refractivity (Wildman–Crippen MR) is 39.8 cm³/mol. The molecule has 0 saturated heterocycles. The van der Waals surface area contributed by atoms with Gasteiger partial charge < -0.3 is 5.11 Å². The summed E-state index contributed by atoms with van der Waals surface area (Å²) < 4.78 is 23.7. The molecule has 0 aliphatic rings. The van der Waals surface area contributed by atoms with E-state index in [9.17, 15) is 8.78 Å². The summed E-state index contributed by atoms with van der Waals surface area (Å²) in [5, 5.41) is 8.51. The molecule has 0 rings (SSSR count). The highest BCUT2D eigenvalue weighted by atomic mass is 19.3. The molecule has 0 aromatic rings. The lowest BCUT2D eigenvalue weighted by Gasteiger charge is -2.24. The molecule has 0 aromatic heterocycles. The Balaban J connectivity index is 3.69. The van der Waals surface area contributed by atoms with Crippen LogP contribution in [0.2, 0.25) is 0 Å². The minimum Gasteiger partial charge on any atom is -0.395 e. The molecule has 0 bridgehead atoms. The molecule has 0 aliphatic carbocycles. The number of alkyl halides is 2. The molecule has 2 nitrogen and oxygen atoms in total. The fraction of sp³-hybridized carbons (Fsp3) is 1.00. The van der Waals surface area contributed by atoms with Crippen molar-refractivity contribution in [2.24, 2.45) is 0 Å². The van der Waals surface area contributed by atoms with Crippen LogP contribution in [0.5, 0.6) is 0 Å². The maximum atomic E-state index is 11.8. The molecule has 0 spiro atoms. The van der Waals surface area contributed by atoms with Crippen molar-refractivity contribution in [3.63, 3.8) is 0 Å². The standard InChI is InChI=1S/C7H15F2NO/c1-6(2)10(3-4-11)5-7(8)9/h6-7,11H,3-5H2,1-2H3. The second-order valence-electron chi connectivity index (χ2n) is 2.70. The van der Waals surface area contributed by atoms with Gasteiger partial charge in [0.1, 0.15) is 0 Å². The van der Waals surface area contributed by atoms with E-state index >= 15 is 0 Å². The Bertz CT molecular complexity index is 98.4. The zero-order chi connectivity index (χ0) is 8.85. The minimum atomic E-state index is -2.32. The number of aliphatic hydroxyl groups excluding tert-OH is 1. The van der Waals surface area contributed by atoms with Gasteiger partial charge >= 0.3 is 0 Å². The van der Waals surface area contributed by atoms with Crippen LogP contribution in [0.4, 0.5) is 8.78 Å². The molecule has 0 unspecified atom stereocenters. The van der Waals surface area contributed by atoms with Gasteiger partial charge in [0.15, 0.2) is 0 Å². The van der Waals surface area contributed by atoms with E-state index in [1.54, 1.807) is 4.90 Å². The third kappa shape index (κ3) is 5.09. The van der Waals surface area contributed by atoms with E-state index in [0.717, 1.165) is 0 Å². The van der Waals surface area contributed by atoms with Crippen molar-refractivity contribution in [3.05, 3.63) is 0 Å².